The quantitative estimate of drug-likeness (QED) is 0.884. The molecule has 128 valence electrons. The Morgan fingerprint density at radius 3 is 2.38 bits per heavy atom. The third-order valence-corrected chi connectivity index (χ3v) is 4.77. The van der Waals surface area contributed by atoms with E-state index in [0.29, 0.717) is 16.9 Å². The molecule has 0 radical (unpaired) electrons. The Morgan fingerprint density at radius 2 is 1.79 bits per heavy atom. The molecule has 8 heteroatoms. The number of ether oxygens (including phenoxy) is 1. The van der Waals surface area contributed by atoms with Crippen molar-refractivity contribution in [3.05, 3.63) is 48.0 Å². The Kier molecular flexibility index (Phi) is 4.99. The van der Waals surface area contributed by atoms with Crippen molar-refractivity contribution in [2.75, 3.05) is 23.8 Å². The molecule has 0 bridgehead atoms. The predicted octanol–water partition coefficient (Wildman–Crippen LogP) is 2.70. The molecular weight excluding hydrogens is 332 g/mol. The predicted molar refractivity (Wildman–Crippen MR) is 90.9 cm³/mol. The minimum absolute atomic E-state index is 0.196. The van der Waals surface area contributed by atoms with Crippen LogP contribution in [0.4, 0.5) is 16.2 Å². The van der Waals surface area contributed by atoms with Crippen LogP contribution >= 0.6 is 0 Å². The largest absolute Gasteiger partial charge is 0.507 e. The van der Waals surface area contributed by atoms with E-state index in [0.717, 1.165) is 0 Å². The molecule has 0 aliphatic carbocycles. The number of anilines is 2. The van der Waals surface area contributed by atoms with E-state index in [4.69, 9.17) is 0 Å². The number of hydrogen-bond donors (Lipinski definition) is 2. The van der Waals surface area contributed by atoms with Gasteiger partial charge in [-0.2, -0.15) is 0 Å². The van der Waals surface area contributed by atoms with E-state index in [2.05, 4.69) is 9.46 Å². The molecular formula is C16H18N2O5S. The molecule has 1 amide bonds. The number of nitrogens with zero attached hydrogens (tertiary/aromatic N) is 1. The van der Waals surface area contributed by atoms with Gasteiger partial charge in [0, 0.05) is 18.4 Å². The molecule has 0 saturated heterocycles. The highest BCUT2D eigenvalue weighted by Crippen LogP contribution is 2.26. The van der Waals surface area contributed by atoms with Crippen molar-refractivity contribution in [2.24, 2.45) is 0 Å². The number of carbonyl (C=O) groups is 1. The van der Waals surface area contributed by atoms with E-state index < -0.39 is 16.1 Å². The summed E-state index contributed by atoms with van der Waals surface area (Å²) in [7, 11) is -1.11. The van der Waals surface area contributed by atoms with Gasteiger partial charge in [0.2, 0.25) is 0 Å². The number of aromatic hydroxyl groups is 1. The Hall–Kier alpha value is -2.74. The van der Waals surface area contributed by atoms with E-state index in [1.807, 2.05) is 0 Å². The Morgan fingerprint density at radius 1 is 1.17 bits per heavy atom. The molecule has 24 heavy (non-hydrogen) atoms. The lowest BCUT2D eigenvalue weighted by molar-refractivity contribution is 0.180. The standard InChI is InChI=1S/C16H18N2O5S/c1-11-4-9-14(19)15(10-11)24(21,22)17-12-5-7-13(8-6-12)18(2)16(20)23-3/h4-10,17,19H,1-3H3. The van der Waals surface area contributed by atoms with Gasteiger partial charge in [0.1, 0.15) is 10.6 Å². The summed E-state index contributed by atoms with van der Waals surface area (Å²) >= 11 is 0. The summed E-state index contributed by atoms with van der Waals surface area (Å²) in [6.45, 7) is 1.73. The zero-order valence-corrected chi connectivity index (χ0v) is 14.3. The van der Waals surface area contributed by atoms with Gasteiger partial charge >= 0.3 is 6.09 Å². The van der Waals surface area contributed by atoms with Crippen molar-refractivity contribution in [1.82, 2.24) is 0 Å². The van der Waals surface area contributed by atoms with Crippen molar-refractivity contribution in [3.63, 3.8) is 0 Å². The molecule has 7 nitrogen and oxygen atoms in total. The first-order valence-corrected chi connectivity index (χ1v) is 8.47. The fourth-order valence-electron chi connectivity index (χ4n) is 2.04. The topological polar surface area (TPSA) is 95.9 Å². The summed E-state index contributed by atoms with van der Waals surface area (Å²) in [6.07, 6.45) is -0.534. The molecule has 2 aromatic rings. The monoisotopic (exact) mass is 350 g/mol. The molecule has 2 N–H and O–H groups in total. The van der Waals surface area contributed by atoms with E-state index in [9.17, 15) is 18.3 Å². The number of benzene rings is 2. The van der Waals surface area contributed by atoms with E-state index in [1.54, 1.807) is 25.1 Å². The zero-order chi connectivity index (χ0) is 17.9. The van der Waals surface area contributed by atoms with Crippen molar-refractivity contribution < 1.29 is 23.1 Å². The third kappa shape index (κ3) is 3.77. The van der Waals surface area contributed by atoms with Crippen LogP contribution in [-0.4, -0.2) is 33.8 Å². The molecule has 0 aromatic heterocycles. The molecule has 0 saturated carbocycles. The van der Waals surface area contributed by atoms with Crippen LogP contribution < -0.4 is 9.62 Å². The molecule has 0 spiro atoms. The van der Waals surface area contributed by atoms with Gasteiger partial charge in [0.05, 0.1) is 7.11 Å². The SMILES string of the molecule is COC(=O)N(C)c1ccc(NS(=O)(=O)c2cc(C)ccc2O)cc1. The Labute approximate surface area is 140 Å². The number of nitrogens with one attached hydrogen (secondary N) is 1. The maximum absolute atomic E-state index is 12.4. The summed E-state index contributed by atoms with van der Waals surface area (Å²) in [6, 6.07) is 10.5. The van der Waals surface area contributed by atoms with Gasteiger partial charge in [-0.15, -0.1) is 0 Å². The molecule has 0 aliphatic rings. The number of methoxy groups -OCH3 is 1. The van der Waals surface area contributed by atoms with Crippen LogP contribution in [0.1, 0.15) is 5.56 Å². The number of rotatable bonds is 4. The first-order valence-electron chi connectivity index (χ1n) is 6.99. The van der Waals surface area contributed by atoms with Crippen molar-refractivity contribution in [2.45, 2.75) is 11.8 Å². The second-order valence-corrected chi connectivity index (χ2v) is 6.80. The Balaban J connectivity index is 2.24. The van der Waals surface area contributed by atoms with Gasteiger partial charge in [-0.1, -0.05) is 6.07 Å². The average molecular weight is 350 g/mol. The van der Waals surface area contributed by atoms with Crippen LogP contribution in [0.5, 0.6) is 5.75 Å². The van der Waals surface area contributed by atoms with Gasteiger partial charge in [-0.25, -0.2) is 13.2 Å². The number of amides is 1. The highest BCUT2D eigenvalue weighted by Gasteiger charge is 2.19. The van der Waals surface area contributed by atoms with E-state index in [-0.39, 0.29) is 10.6 Å². The van der Waals surface area contributed by atoms with Gasteiger partial charge in [-0.05, 0) is 48.9 Å². The average Bonchev–Trinajstić information content (AvgIpc) is 2.56. The van der Waals surface area contributed by atoms with Crippen molar-refractivity contribution >= 4 is 27.5 Å². The maximum atomic E-state index is 12.4. The van der Waals surface area contributed by atoms with Gasteiger partial charge in [0.15, 0.2) is 0 Å². The molecule has 2 rings (SSSR count). The van der Waals surface area contributed by atoms with Crippen LogP contribution in [0.25, 0.3) is 0 Å². The number of phenols is 1. The van der Waals surface area contributed by atoms with Crippen LogP contribution in [0.3, 0.4) is 0 Å². The van der Waals surface area contributed by atoms with Crippen LogP contribution in [-0.2, 0) is 14.8 Å². The molecule has 0 fully saturated rings. The number of sulfonamides is 1. The lowest BCUT2D eigenvalue weighted by Gasteiger charge is -2.16. The number of phenolic OH excluding ortho intramolecular Hbond substituents is 1. The smallest absolute Gasteiger partial charge is 0.413 e. The minimum Gasteiger partial charge on any atom is -0.507 e. The van der Waals surface area contributed by atoms with Crippen LogP contribution in [0, 0.1) is 6.92 Å². The fraction of sp³-hybridized carbons (Fsp3) is 0.188. The Bertz CT molecular complexity index is 847. The van der Waals surface area contributed by atoms with Crippen molar-refractivity contribution in [3.8, 4) is 5.75 Å². The highest BCUT2D eigenvalue weighted by atomic mass is 32.2. The zero-order valence-electron chi connectivity index (χ0n) is 13.5. The summed E-state index contributed by atoms with van der Waals surface area (Å²) in [5, 5.41) is 9.78. The molecule has 0 heterocycles. The molecule has 0 atom stereocenters. The van der Waals surface area contributed by atoms with E-state index in [1.165, 1.54) is 43.3 Å². The molecule has 0 aliphatic heterocycles. The summed E-state index contributed by atoms with van der Waals surface area (Å²) in [5.41, 5.74) is 1.56. The normalized spacial score (nSPS) is 11.0. The minimum atomic E-state index is -3.93. The second-order valence-electron chi connectivity index (χ2n) is 5.15. The molecule has 2 aromatic carbocycles. The second kappa shape index (κ2) is 6.79. The first-order chi connectivity index (χ1) is 11.2. The number of aryl methyl sites for hydroxylation is 1. The van der Waals surface area contributed by atoms with Crippen molar-refractivity contribution in [1.29, 1.82) is 0 Å². The number of carbonyl (C=O) groups excluding carboxylic acids is 1. The lowest BCUT2D eigenvalue weighted by Crippen LogP contribution is -2.25. The summed E-state index contributed by atoms with van der Waals surface area (Å²) in [4.78, 5) is 12.5. The fourth-order valence-corrected chi connectivity index (χ4v) is 3.28. The summed E-state index contributed by atoms with van der Waals surface area (Å²) < 4.78 is 31.8. The van der Waals surface area contributed by atoms with Crippen LogP contribution in [0.15, 0.2) is 47.4 Å². The van der Waals surface area contributed by atoms with Gasteiger partial charge < -0.3 is 9.84 Å². The molecule has 0 unspecified atom stereocenters. The maximum Gasteiger partial charge on any atom is 0.413 e. The lowest BCUT2D eigenvalue weighted by atomic mass is 10.2. The first kappa shape index (κ1) is 17.6. The number of hydrogen-bond acceptors (Lipinski definition) is 5. The third-order valence-electron chi connectivity index (χ3n) is 3.36. The summed E-state index contributed by atoms with van der Waals surface area (Å²) in [5.74, 6) is -0.324. The highest BCUT2D eigenvalue weighted by molar-refractivity contribution is 7.92. The van der Waals surface area contributed by atoms with Crippen LogP contribution in [0.2, 0.25) is 0 Å². The van der Waals surface area contributed by atoms with Gasteiger partial charge in [0.25, 0.3) is 10.0 Å². The van der Waals surface area contributed by atoms with E-state index >= 15 is 0 Å². The van der Waals surface area contributed by atoms with Gasteiger partial charge in [-0.3, -0.25) is 9.62 Å².